The molecule has 0 heterocycles. The van der Waals surface area contributed by atoms with Gasteiger partial charge in [0.25, 0.3) is 0 Å². The van der Waals surface area contributed by atoms with Crippen LogP contribution in [0.3, 0.4) is 0 Å². The molecule has 0 saturated carbocycles. The lowest BCUT2D eigenvalue weighted by Crippen LogP contribution is -2.18. The fourth-order valence-corrected chi connectivity index (χ4v) is 2.09. The van der Waals surface area contributed by atoms with Crippen LogP contribution in [-0.2, 0) is 9.47 Å². The second kappa shape index (κ2) is 13.9. The van der Waals surface area contributed by atoms with Crippen LogP contribution in [0, 0.1) is 5.92 Å². The minimum Gasteiger partial charge on any atom is -0.499 e. The van der Waals surface area contributed by atoms with Gasteiger partial charge >= 0.3 is 0 Å². The number of ether oxygens (including phenoxy) is 2. The van der Waals surface area contributed by atoms with Crippen molar-refractivity contribution in [1.82, 2.24) is 0 Å². The Morgan fingerprint density at radius 2 is 1.79 bits per heavy atom. The normalized spacial score (nSPS) is 14.7. The van der Waals surface area contributed by atoms with E-state index in [0.717, 1.165) is 19.3 Å². The molecule has 2 atom stereocenters. The minimum atomic E-state index is -0.242. The molecule has 19 heavy (non-hydrogen) atoms. The van der Waals surface area contributed by atoms with E-state index < -0.39 is 0 Å². The molecule has 0 aromatic carbocycles. The van der Waals surface area contributed by atoms with E-state index >= 15 is 0 Å². The smallest absolute Gasteiger partial charge is 0.111 e. The monoisotopic (exact) mass is 272 g/mol. The molecule has 0 fully saturated rings. The summed E-state index contributed by atoms with van der Waals surface area (Å²) in [5.41, 5.74) is 0. The second-order valence-electron chi connectivity index (χ2n) is 5.06. The lowest BCUT2D eigenvalue weighted by Gasteiger charge is -2.19. The Balaban J connectivity index is 4.01. The fourth-order valence-electron chi connectivity index (χ4n) is 2.09. The zero-order valence-corrected chi connectivity index (χ0v) is 12.9. The van der Waals surface area contributed by atoms with Crippen LogP contribution >= 0.6 is 0 Å². The third kappa shape index (κ3) is 11.0. The van der Waals surface area contributed by atoms with Gasteiger partial charge in [-0.15, -0.1) is 0 Å². The highest BCUT2D eigenvalue weighted by Crippen LogP contribution is 2.19. The SMILES string of the molecule is CCCCCC[C@H](/C=C\OCCOC)[C@@H](O)CCC. The summed E-state index contributed by atoms with van der Waals surface area (Å²) in [5.74, 6) is 0.222. The summed E-state index contributed by atoms with van der Waals surface area (Å²) in [6.45, 7) is 5.49. The van der Waals surface area contributed by atoms with Crippen molar-refractivity contribution in [3.8, 4) is 0 Å². The van der Waals surface area contributed by atoms with Gasteiger partial charge < -0.3 is 14.6 Å². The molecule has 0 unspecified atom stereocenters. The lowest BCUT2D eigenvalue weighted by atomic mass is 9.92. The number of unbranched alkanes of at least 4 members (excludes halogenated alkanes) is 3. The Morgan fingerprint density at radius 3 is 2.42 bits per heavy atom. The van der Waals surface area contributed by atoms with Crippen molar-refractivity contribution in [1.29, 1.82) is 0 Å². The quantitative estimate of drug-likeness (QED) is 0.408. The van der Waals surface area contributed by atoms with Gasteiger partial charge in [0.2, 0.25) is 0 Å². The predicted octanol–water partition coefficient (Wildman–Crippen LogP) is 3.91. The highest BCUT2D eigenvalue weighted by atomic mass is 16.5. The van der Waals surface area contributed by atoms with Gasteiger partial charge in [0, 0.05) is 13.0 Å². The molecule has 0 aliphatic rings. The molecule has 0 bridgehead atoms. The van der Waals surface area contributed by atoms with E-state index in [1.807, 2.05) is 6.08 Å². The first-order valence-electron chi connectivity index (χ1n) is 7.71. The van der Waals surface area contributed by atoms with Crippen molar-refractivity contribution >= 4 is 0 Å². The van der Waals surface area contributed by atoms with Crippen LogP contribution in [0.4, 0.5) is 0 Å². The zero-order valence-electron chi connectivity index (χ0n) is 12.9. The van der Waals surface area contributed by atoms with Gasteiger partial charge in [0.1, 0.15) is 6.61 Å². The largest absolute Gasteiger partial charge is 0.499 e. The van der Waals surface area contributed by atoms with Gasteiger partial charge in [0.05, 0.1) is 19.0 Å². The summed E-state index contributed by atoms with van der Waals surface area (Å²) in [5, 5.41) is 10.1. The summed E-state index contributed by atoms with van der Waals surface area (Å²) in [7, 11) is 1.66. The fraction of sp³-hybridized carbons (Fsp3) is 0.875. The number of hydrogen-bond donors (Lipinski definition) is 1. The van der Waals surface area contributed by atoms with Crippen molar-refractivity contribution in [3.05, 3.63) is 12.3 Å². The Morgan fingerprint density at radius 1 is 1.00 bits per heavy atom. The maximum atomic E-state index is 10.1. The zero-order chi connectivity index (χ0) is 14.3. The molecule has 0 spiro atoms. The van der Waals surface area contributed by atoms with E-state index in [4.69, 9.17) is 9.47 Å². The van der Waals surface area contributed by atoms with Gasteiger partial charge in [-0.1, -0.05) is 46.0 Å². The van der Waals surface area contributed by atoms with Crippen LogP contribution in [0.25, 0.3) is 0 Å². The van der Waals surface area contributed by atoms with Crippen LogP contribution < -0.4 is 0 Å². The molecule has 1 N–H and O–H groups in total. The summed E-state index contributed by atoms with van der Waals surface area (Å²) >= 11 is 0. The van der Waals surface area contributed by atoms with Crippen molar-refractivity contribution in [2.45, 2.75) is 64.9 Å². The molecular weight excluding hydrogens is 240 g/mol. The van der Waals surface area contributed by atoms with Crippen LogP contribution in [0.5, 0.6) is 0 Å². The first-order valence-corrected chi connectivity index (χ1v) is 7.71. The van der Waals surface area contributed by atoms with Crippen LogP contribution in [0.1, 0.15) is 58.8 Å². The van der Waals surface area contributed by atoms with Crippen LogP contribution in [0.15, 0.2) is 12.3 Å². The Hall–Kier alpha value is -0.540. The standard InChI is InChI=1S/C16H32O3/c1-4-6-7-8-10-15(16(17)9-5-2)11-12-19-14-13-18-3/h11-12,15-17H,4-10,13-14H2,1-3H3/b12-11-/t15-,16+/m1/s1. The van der Waals surface area contributed by atoms with Crippen molar-refractivity contribution < 1.29 is 14.6 Å². The molecule has 0 radical (unpaired) electrons. The maximum absolute atomic E-state index is 10.1. The third-order valence-corrected chi connectivity index (χ3v) is 3.30. The Kier molecular flexibility index (Phi) is 13.5. The van der Waals surface area contributed by atoms with Crippen molar-refractivity contribution in [3.63, 3.8) is 0 Å². The first-order chi connectivity index (χ1) is 9.26. The highest BCUT2D eigenvalue weighted by Gasteiger charge is 2.15. The Bertz CT molecular complexity index is 204. The van der Waals surface area contributed by atoms with E-state index in [9.17, 15) is 5.11 Å². The molecule has 0 saturated heterocycles. The van der Waals surface area contributed by atoms with Gasteiger partial charge in [0.15, 0.2) is 0 Å². The van der Waals surface area contributed by atoms with E-state index in [0.29, 0.717) is 13.2 Å². The minimum absolute atomic E-state index is 0.222. The lowest BCUT2D eigenvalue weighted by molar-refractivity contribution is 0.106. The van der Waals surface area contributed by atoms with Crippen molar-refractivity contribution in [2.24, 2.45) is 5.92 Å². The molecule has 114 valence electrons. The van der Waals surface area contributed by atoms with Crippen molar-refractivity contribution in [2.75, 3.05) is 20.3 Å². The molecule has 3 nitrogen and oxygen atoms in total. The summed E-state index contributed by atoms with van der Waals surface area (Å²) in [6.07, 6.45) is 11.4. The number of hydrogen-bond acceptors (Lipinski definition) is 3. The van der Waals surface area contributed by atoms with Crippen LogP contribution in [0.2, 0.25) is 0 Å². The summed E-state index contributed by atoms with van der Waals surface area (Å²) < 4.78 is 10.3. The average Bonchev–Trinajstić information content (AvgIpc) is 2.41. The predicted molar refractivity (Wildman–Crippen MR) is 80.1 cm³/mol. The van der Waals surface area contributed by atoms with Crippen LogP contribution in [-0.4, -0.2) is 31.5 Å². The van der Waals surface area contributed by atoms with Gasteiger partial charge in [-0.25, -0.2) is 0 Å². The molecule has 3 heteroatoms. The van der Waals surface area contributed by atoms with E-state index in [1.165, 1.54) is 25.7 Å². The molecule has 0 aromatic heterocycles. The van der Waals surface area contributed by atoms with E-state index in [2.05, 4.69) is 13.8 Å². The number of methoxy groups -OCH3 is 1. The summed E-state index contributed by atoms with van der Waals surface area (Å²) in [6, 6.07) is 0. The molecule has 0 rings (SSSR count). The molecular formula is C16H32O3. The number of rotatable bonds is 13. The topological polar surface area (TPSA) is 38.7 Å². The van der Waals surface area contributed by atoms with Gasteiger partial charge in [-0.05, 0) is 18.9 Å². The molecule has 0 aliphatic carbocycles. The second-order valence-corrected chi connectivity index (χ2v) is 5.06. The average molecular weight is 272 g/mol. The summed E-state index contributed by atoms with van der Waals surface area (Å²) in [4.78, 5) is 0. The van der Waals surface area contributed by atoms with Gasteiger partial charge in [-0.2, -0.15) is 0 Å². The first kappa shape index (κ1) is 18.5. The Labute approximate surface area is 119 Å². The number of aliphatic hydroxyl groups is 1. The molecule has 0 amide bonds. The number of aliphatic hydroxyl groups excluding tert-OH is 1. The third-order valence-electron chi connectivity index (χ3n) is 3.30. The highest BCUT2D eigenvalue weighted by molar-refractivity contribution is 4.87. The molecule has 0 aromatic rings. The van der Waals surface area contributed by atoms with E-state index in [1.54, 1.807) is 13.4 Å². The van der Waals surface area contributed by atoms with E-state index in [-0.39, 0.29) is 12.0 Å². The molecule has 0 aliphatic heterocycles. The van der Waals surface area contributed by atoms with Gasteiger partial charge in [-0.3, -0.25) is 0 Å². The maximum Gasteiger partial charge on any atom is 0.111 e.